The highest BCUT2D eigenvalue weighted by molar-refractivity contribution is 6.30. The van der Waals surface area contributed by atoms with Crippen LogP contribution in [-0.2, 0) is 0 Å². The molecule has 0 bridgehead atoms. The summed E-state index contributed by atoms with van der Waals surface area (Å²) < 4.78 is 5.56. The van der Waals surface area contributed by atoms with Crippen molar-refractivity contribution in [3.63, 3.8) is 0 Å². The number of hydrogen-bond donors (Lipinski definition) is 2. The summed E-state index contributed by atoms with van der Waals surface area (Å²) in [6.45, 7) is 0. The number of ether oxygens (including phenoxy) is 1. The second kappa shape index (κ2) is 4.98. The van der Waals surface area contributed by atoms with Gasteiger partial charge in [-0.05, 0) is 36.4 Å². The van der Waals surface area contributed by atoms with Crippen molar-refractivity contribution in [3.05, 3.63) is 53.1 Å². The largest absolute Gasteiger partial charge is 0.455 e. The van der Waals surface area contributed by atoms with Crippen molar-refractivity contribution < 1.29 is 9.53 Å². The maximum absolute atomic E-state index is 10.9. The van der Waals surface area contributed by atoms with E-state index in [4.69, 9.17) is 27.8 Å². The lowest BCUT2D eigenvalue weighted by Gasteiger charge is -2.08. The second-order valence-electron chi connectivity index (χ2n) is 3.67. The number of carbonyl (C=O) groups is 1. The smallest absolute Gasteiger partial charge is 0.248 e. The van der Waals surface area contributed by atoms with Crippen molar-refractivity contribution >= 4 is 23.2 Å². The average molecular weight is 263 g/mol. The fourth-order valence-electron chi connectivity index (χ4n) is 1.41. The Morgan fingerprint density at radius 1 is 1.11 bits per heavy atom. The topological polar surface area (TPSA) is 78.3 Å². The molecule has 2 aromatic rings. The zero-order chi connectivity index (χ0) is 13.1. The van der Waals surface area contributed by atoms with Gasteiger partial charge in [0.15, 0.2) is 5.75 Å². The minimum Gasteiger partial charge on any atom is -0.455 e. The molecule has 4 nitrogen and oxygen atoms in total. The van der Waals surface area contributed by atoms with Crippen LogP contribution in [0.2, 0.25) is 5.02 Å². The molecule has 0 unspecified atom stereocenters. The van der Waals surface area contributed by atoms with E-state index < -0.39 is 5.91 Å². The van der Waals surface area contributed by atoms with Crippen LogP contribution in [0, 0.1) is 0 Å². The van der Waals surface area contributed by atoms with Gasteiger partial charge in [0.25, 0.3) is 0 Å². The van der Waals surface area contributed by atoms with E-state index in [1.165, 1.54) is 0 Å². The van der Waals surface area contributed by atoms with Crippen molar-refractivity contribution in [3.8, 4) is 11.5 Å². The van der Waals surface area contributed by atoms with Crippen LogP contribution in [0.4, 0.5) is 5.69 Å². The summed E-state index contributed by atoms with van der Waals surface area (Å²) >= 11 is 5.85. The molecule has 0 aliphatic carbocycles. The molecule has 0 aliphatic rings. The lowest BCUT2D eigenvalue weighted by Crippen LogP contribution is -2.10. The molecule has 18 heavy (non-hydrogen) atoms. The minimum atomic E-state index is -0.483. The van der Waals surface area contributed by atoms with E-state index in [0.717, 1.165) is 0 Å². The first-order chi connectivity index (χ1) is 8.56. The number of nitrogen functional groups attached to an aromatic ring is 1. The van der Waals surface area contributed by atoms with Crippen LogP contribution >= 0.6 is 11.6 Å². The number of amides is 1. The Kier molecular flexibility index (Phi) is 3.39. The van der Waals surface area contributed by atoms with Gasteiger partial charge in [0, 0.05) is 16.7 Å². The summed E-state index contributed by atoms with van der Waals surface area (Å²) in [6.07, 6.45) is 0. The summed E-state index contributed by atoms with van der Waals surface area (Å²) in [5.41, 5.74) is 11.8. The third-order valence-electron chi connectivity index (χ3n) is 2.34. The van der Waals surface area contributed by atoms with Crippen molar-refractivity contribution in [1.29, 1.82) is 0 Å². The van der Waals surface area contributed by atoms with Crippen molar-refractivity contribution in [1.82, 2.24) is 0 Å². The standard InChI is InChI=1S/C13H11ClN2O2/c14-9-3-6-11(15)12(7-9)18-10-4-1-8(2-5-10)13(16)17/h1-7H,15H2,(H2,16,17). The number of benzene rings is 2. The molecule has 0 atom stereocenters. The number of anilines is 1. The quantitative estimate of drug-likeness (QED) is 0.835. The van der Waals surface area contributed by atoms with E-state index in [9.17, 15) is 4.79 Å². The Labute approximate surface area is 109 Å². The van der Waals surface area contributed by atoms with Gasteiger partial charge in [-0.15, -0.1) is 0 Å². The van der Waals surface area contributed by atoms with Crippen LogP contribution in [-0.4, -0.2) is 5.91 Å². The van der Waals surface area contributed by atoms with Crippen LogP contribution in [0.1, 0.15) is 10.4 Å². The Morgan fingerprint density at radius 3 is 2.39 bits per heavy atom. The first-order valence-electron chi connectivity index (χ1n) is 5.19. The van der Waals surface area contributed by atoms with E-state index in [2.05, 4.69) is 0 Å². The van der Waals surface area contributed by atoms with Gasteiger partial charge in [0.1, 0.15) is 5.75 Å². The molecule has 0 saturated heterocycles. The summed E-state index contributed by atoms with van der Waals surface area (Å²) in [5.74, 6) is 0.534. The number of hydrogen-bond acceptors (Lipinski definition) is 3. The maximum Gasteiger partial charge on any atom is 0.248 e. The number of carbonyl (C=O) groups excluding carboxylic acids is 1. The monoisotopic (exact) mass is 262 g/mol. The maximum atomic E-state index is 10.9. The SMILES string of the molecule is NC(=O)c1ccc(Oc2cc(Cl)ccc2N)cc1. The van der Waals surface area contributed by atoms with Crippen LogP contribution < -0.4 is 16.2 Å². The molecule has 0 spiro atoms. The number of nitrogens with two attached hydrogens (primary N) is 2. The summed E-state index contributed by atoms with van der Waals surface area (Å²) in [6, 6.07) is 11.4. The average Bonchev–Trinajstić information content (AvgIpc) is 2.34. The molecule has 2 rings (SSSR count). The van der Waals surface area contributed by atoms with Crippen LogP contribution in [0.15, 0.2) is 42.5 Å². The molecule has 0 heterocycles. The van der Waals surface area contributed by atoms with Gasteiger partial charge in [0.2, 0.25) is 5.91 Å². The van der Waals surface area contributed by atoms with Gasteiger partial charge < -0.3 is 16.2 Å². The van der Waals surface area contributed by atoms with Gasteiger partial charge in [-0.3, -0.25) is 4.79 Å². The van der Waals surface area contributed by atoms with Gasteiger partial charge in [-0.2, -0.15) is 0 Å². The minimum absolute atomic E-state index is 0.418. The summed E-state index contributed by atoms with van der Waals surface area (Å²) in [5, 5.41) is 0.535. The Hall–Kier alpha value is -2.20. The van der Waals surface area contributed by atoms with Gasteiger partial charge >= 0.3 is 0 Å². The fourth-order valence-corrected chi connectivity index (χ4v) is 1.57. The van der Waals surface area contributed by atoms with E-state index in [1.807, 2.05) is 0 Å². The van der Waals surface area contributed by atoms with Crippen molar-refractivity contribution in [2.24, 2.45) is 5.73 Å². The van der Waals surface area contributed by atoms with Crippen molar-refractivity contribution in [2.75, 3.05) is 5.73 Å². The molecule has 0 aliphatic heterocycles. The lowest BCUT2D eigenvalue weighted by atomic mass is 10.2. The van der Waals surface area contributed by atoms with E-state index in [0.29, 0.717) is 27.8 Å². The van der Waals surface area contributed by atoms with Crippen molar-refractivity contribution in [2.45, 2.75) is 0 Å². The van der Waals surface area contributed by atoms with Crippen LogP contribution in [0.25, 0.3) is 0 Å². The Morgan fingerprint density at radius 2 is 1.78 bits per heavy atom. The Bertz CT molecular complexity index is 582. The second-order valence-corrected chi connectivity index (χ2v) is 4.11. The molecule has 92 valence electrons. The zero-order valence-electron chi connectivity index (χ0n) is 9.39. The predicted molar refractivity (Wildman–Crippen MR) is 70.9 cm³/mol. The zero-order valence-corrected chi connectivity index (χ0v) is 10.1. The third-order valence-corrected chi connectivity index (χ3v) is 2.58. The lowest BCUT2D eigenvalue weighted by molar-refractivity contribution is 0.100. The van der Waals surface area contributed by atoms with Crippen LogP contribution in [0.5, 0.6) is 11.5 Å². The molecule has 5 heteroatoms. The number of primary amides is 1. The summed E-state index contributed by atoms with van der Waals surface area (Å²) in [7, 11) is 0. The molecule has 0 radical (unpaired) electrons. The normalized spacial score (nSPS) is 10.1. The summed E-state index contributed by atoms with van der Waals surface area (Å²) in [4.78, 5) is 10.9. The van der Waals surface area contributed by atoms with E-state index in [-0.39, 0.29) is 0 Å². The fraction of sp³-hybridized carbons (Fsp3) is 0. The first-order valence-corrected chi connectivity index (χ1v) is 5.57. The molecule has 1 amide bonds. The molecular formula is C13H11ClN2O2. The molecular weight excluding hydrogens is 252 g/mol. The van der Waals surface area contributed by atoms with Crippen LogP contribution in [0.3, 0.4) is 0 Å². The third kappa shape index (κ3) is 2.73. The first kappa shape index (κ1) is 12.3. The van der Waals surface area contributed by atoms with Gasteiger partial charge in [0.05, 0.1) is 5.69 Å². The molecule has 2 aromatic carbocycles. The highest BCUT2D eigenvalue weighted by Gasteiger charge is 2.04. The molecule has 0 saturated carbocycles. The highest BCUT2D eigenvalue weighted by atomic mass is 35.5. The molecule has 0 fully saturated rings. The Balaban J connectivity index is 2.23. The number of halogens is 1. The number of rotatable bonds is 3. The van der Waals surface area contributed by atoms with Gasteiger partial charge in [-0.25, -0.2) is 0 Å². The van der Waals surface area contributed by atoms with E-state index >= 15 is 0 Å². The van der Waals surface area contributed by atoms with Gasteiger partial charge in [-0.1, -0.05) is 11.6 Å². The molecule has 4 N–H and O–H groups in total. The molecule has 0 aromatic heterocycles. The van der Waals surface area contributed by atoms with E-state index in [1.54, 1.807) is 42.5 Å². The predicted octanol–water partition coefficient (Wildman–Crippen LogP) is 2.81. The highest BCUT2D eigenvalue weighted by Crippen LogP contribution is 2.30.